The molecule has 1 amide bonds. The van der Waals surface area contributed by atoms with Gasteiger partial charge in [-0.2, -0.15) is 0 Å². The highest BCUT2D eigenvalue weighted by atomic mass is 16.5. The zero-order valence-corrected chi connectivity index (χ0v) is 15.6. The lowest BCUT2D eigenvalue weighted by Crippen LogP contribution is -2.36. The third kappa shape index (κ3) is 3.20. The number of carbonyl (C=O) groups excluding carboxylic acids is 1. The fourth-order valence-corrected chi connectivity index (χ4v) is 3.30. The number of anilines is 1. The van der Waals surface area contributed by atoms with Crippen molar-refractivity contribution in [1.82, 2.24) is 14.5 Å². The van der Waals surface area contributed by atoms with Gasteiger partial charge in [0.15, 0.2) is 0 Å². The van der Waals surface area contributed by atoms with Gasteiger partial charge in [-0.1, -0.05) is 12.1 Å². The summed E-state index contributed by atoms with van der Waals surface area (Å²) in [7, 11) is 1.49. The fourth-order valence-electron chi connectivity index (χ4n) is 3.30. The Kier molecular flexibility index (Phi) is 4.31. The molecule has 1 aromatic carbocycles. The molecule has 28 heavy (non-hydrogen) atoms. The van der Waals surface area contributed by atoms with Gasteiger partial charge in [0.05, 0.1) is 31.7 Å². The van der Waals surface area contributed by atoms with Gasteiger partial charge in [-0.25, -0.2) is 9.97 Å². The topological polar surface area (TPSA) is 107 Å². The maximum absolute atomic E-state index is 12.5. The van der Waals surface area contributed by atoms with Crippen molar-refractivity contribution >= 4 is 17.4 Å². The number of nitrogens with zero attached hydrogens (tertiary/aromatic N) is 4. The molecule has 4 rings (SSSR count). The summed E-state index contributed by atoms with van der Waals surface area (Å²) in [5.74, 6) is 0.502. The minimum absolute atomic E-state index is 0.203. The molecule has 1 unspecified atom stereocenters. The molecule has 3 aromatic rings. The zero-order chi connectivity index (χ0) is 19.7. The molecule has 0 aliphatic carbocycles. The molecule has 3 heterocycles. The van der Waals surface area contributed by atoms with Gasteiger partial charge in [0, 0.05) is 11.9 Å². The summed E-state index contributed by atoms with van der Waals surface area (Å²) in [6.45, 7) is 2.69. The number of hydrogen-bond acceptors (Lipinski definition) is 6. The molecular formula is C20H20N6O2. The van der Waals surface area contributed by atoms with Crippen LogP contribution in [0.25, 0.3) is 0 Å². The minimum atomic E-state index is -0.531. The summed E-state index contributed by atoms with van der Waals surface area (Å²) in [4.78, 5) is 25.2. The number of aromatic nitrogens is 3. The quantitative estimate of drug-likeness (QED) is 0.726. The number of aliphatic imine (C=N–C) groups is 1. The largest absolute Gasteiger partial charge is 0.480 e. The second kappa shape index (κ2) is 6.80. The average molecular weight is 376 g/mol. The summed E-state index contributed by atoms with van der Waals surface area (Å²) in [5.41, 5.74) is 8.34. The van der Waals surface area contributed by atoms with E-state index in [0.29, 0.717) is 23.9 Å². The van der Waals surface area contributed by atoms with Crippen molar-refractivity contribution in [2.24, 2.45) is 10.7 Å². The summed E-state index contributed by atoms with van der Waals surface area (Å²) >= 11 is 0. The second-order valence-electron chi connectivity index (χ2n) is 6.77. The Morgan fingerprint density at radius 1 is 1.25 bits per heavy atom. The number of amidine groups is 1. The Bertz CT molecular complexity index is 1060. The molecule has 1 aliphatic rings. The molecular weight excluding hydrogens is 356 g/mol. The van der Waals surface area contributed by atoms with E-state index in [2.05, 4.69) is 19.9 Å². The molecule has 0 bridgehead atoms. The van der Waals surface area contributed by atoms with Crippen molar-refractivity contribution in [3.05, 3.63) is 71.9 Å². The maximum Gasteiger partial charge on any atom is 0.275 e. The van der Waals surface area contributed by atoms with Crippen LogP contribution in [0.3, 0.4) is 0 Å². The molecule has 8 heteroatoms. The number of fused-ring (bicyclic) bond motifs is 1. The zero-order valence-electron chi connectivity index (χ0n) is 15.6. The molecule has 1 aliphatic heterocycles. The lowest BCUT2D eigenvalue weighted by atomic mass is 9.90. The monoisotopic (exact) mass is 376 g/mol. The first-order chi connectivity index (χ1) is 13.5. The molecule has 1 atom stereocenters. The Hall–Kier alpha value is -3.68. The predicted molar refractivity (Wildman–Crippen MR) is 105 cm³/mol. The van der Waals surface area contributed by atoms with E-state index < -0.39 is 5.54 Å². The van der Waals surface area contributed by atoms with Gasteiger partial charge in [0.2, 0.25) is 5.88 Å². The number of nitrogens with two attached hydrogens (primary N) is 1. The van der Waals surface area contributed by atoms with E-state index in [0.717, 1.165) is 11.3 Å². The number of nitrogens with one attached hydrogen (secondary N) is 1. The van der Waals surface area contributed by atoms with Crippen molar-refractivity contribution in [3.63, 3.8) is 0 Å². The highest BCUT2D eigenvalue weighted by Crippen LogP contribution is 2.33. The number of hydrogen-bond donors (Lipinski definition) is 2. The fraction of sp³-hybridized carbons (Fsp3) is 0.200. The standard InChI is InChI=1S/C20H20N6O2/c1-20(12-26-8-4-7-16(26)18(21)25-20)13-5-3-6-14(9-13)24-19(27)15-10-23-17(28-2)11-22-15/h3-11H,12H2,1-2H3,(H2,21,25)(H,24,27). The summed E-state index contributed by atoms with van der Waals surface area (Å²) < 4.78 is 7.04. The van der Waals surface area contributed by atoms with E-state index in [-0.39, 0.29) is 11.6 Å². The summed E-state index contributed by atoms with van der Waals surface area (Å²) in [5, 5.41) is 2.85. The number of carbonyl (C=O) groups is 1. The Morgan fingerprint density at radius 2 is 2.11 bits per heavy atom. The molecule has 0 saturated carbocycles. The highest BCUT2D eigenvalue weighted by Gasteiger charge is 2.32. The minimum Gasteiger partial charge on any atom is -0.480 e. The van der Waals surface area contributed by atoms with Crippen molar-refractivity contribution < 1.29 is 9.53 Å². The van der Waals surface area contributed by atoms with E-state index >= 15 is 0 Å². The van der Waals surface area contributed by atoms with Crippen molar-refractivity contribution in [3.8, 4) is 5.88 Å². The maximum atomic E-state index is 12.5. The smallest absolute Gasteiger partial charge is 0.275 e. The van der Waals surface area contributed by atoms with E-state index in [4.69, 9.17) is 15.5 Å². The summed E-state index contributed by atoms with van der Waals surface area (Å²) in [6, 6.07) is 11.5. The van der Waals surface area contributed by atoms with Crippen LogP contribution in [-0.2, 0) is 12.1 Å². The first-order valence-corrected chi connectivity index (χ1v) is 8.77. The van der Waals surface area contributed by atoms with Crippen LogP contribution < -0.4 is 15.8 Å². The molecule has 142 valence electrons. The predicted octanol–water partition coefficient (Wildman–Crippen LogP) is 2.17. The van der Waals surface area contributed by atoms with E-state index in [1.54, 1.807) is 0 Å². The lowest BCUT2D eigenvalue weighted by Gasteiger charge is -2.32. The Balaban J connectivity index is 1.58. The molecule has 3 N–H and O–H groups in total. The van der Waals surface area contributed by atoms with Gasteiger partial charge >= 0.3 is 0 Å². The van der Waals surface area contributed by atoms with Gasteiger partial charge in [0.1, 0.15) is 17.1 Å². The van der Waals surface area contributed by atoms with Crippen LogP contribution in [0.4, 0.5) is 5.69 Å². The lowest BCUT2D eigenvalue weighted by molar-refractivity contribution is 0.102. The third-order valence-corrected chi connectivity index (χ3v) is 4.75. The normalized spacial score (nSPS) is 18.1. The van der Waals surface area contributed by atoms with E-state index in [1.165, 1.54) is 19.5 Å². The number of methoxy groups -OCH3 is 1. The molecule has 8 nitrogen and oxygen atoms in total. The molecule has 2 aromatic heterocycles. The molecule has 0 saturated heterocycles. The first kappa shape index (κ1) is 17.7. The van der Waals surface area contributed by atoms with Crippen LogP contribution in [0.15, 0.2) is 60.0 Å². The van der Waals surface area contributed by atoms with Crippen LogP contribution in [-0.4, -0.2) is 33.4 Å². The number of benzene rings is 1. The second-order valence-corrected chi connectivity index (χ2v) is 6.77. The van der Waals surface area contributed by atoms with E-state index in [1.807, 2.05) is 49.5 Å². The highest BCUT2D eigenvalue weighted by molar-refractivity contribution is 6.02. The molecule has 0 radical (unpaired) electrons. The third-order valence-electron chi connectivity index (χ3n) is 4.75. The average Bonchev–Trinajstić information content (AvgIpc) is 3.17. The van der Waals surface area contributed by atoms with Crippen molar-refractivity contribution in [2.75, 3.05) is 12.4 Å². The van der Waals surface area contributed by atoms with E-state index in [9.17, 15) is 4.79 Å². The van der Waals surface area contributed by atoms with Crippen molar-refractivity contribution in [2.45, 2.75) is 19.0 Å². The van der Waals surface area contributed by atoms with Gasteiger partial charge in [0.25, 0.3) is 5.91 Å². The number of amides is 1. The van der Waals surface area contributed by atoms with Crippen LogP contribution in [0, 0.1) is 0 Å². The molecule has 0 spiro atoms. The Labute approximate surface area is 162 Å². The van der Waals surface area contributed by atoms with Crippen molar-refractivity contribution in [1.29, 1.82) is 0 Å². The van der Waals surface area contributed by atoms with Gasteiger partial charge in [-0.3, -0.25) is 9.79 Å². The van der Waals surface area contributed by atoms with Crippen LogP contribution in [0.5, 0.6) is 5.88 Å². The Morgan fingerprint density at radius 3 is 2.86 bits per heavy atom. The molecule has 0 fully saturated rings. The van der Waals surface area contributed by atoms with Gasteiger partial charge in [-0.15, -0.1) is 0 Å². The number of rotatable bonds is 4. The van der Waals surface area contributed by atoms with Gasteiger partial charge in [-0.05, 0) is 36.8 Å². The van der Waals surface area contributed by atoms with Crippen LogP contribution >= 0.6 is 0 Å². The SMILES string of the molecule is COc1cnc(C(=O)Nc2cccc(C3(C)Cn4cccc4C(N)=N3)c2)cn1. The number of ether oxygens (including phenoxy) is 1. The first-order valence-electron chi connectivity index (χ1n) is 8.77. The van der Waals surface area contributed by atoms with Crippen LogP contribution in [0.2, 0.25) is 0 Å². The van der Waals surface area contributed by atoms with Gasteiger partial charge < -0.3 is 20.4 Å². The summed E-state index contributed by atoms with van der Waals surface area (Å²) in [6.07, 6.45) is 4.77. The van der Waals surface area contributed by atoms with Crippen LogP contribution in [0.1, 0.15) is 28.7 Å².